The number of nitrogens with zero attached hydrogens (tertiary/aromatic N) is 5. The third-order valence-electron chi connectivity index (χ3n) is 5.75. The molecule has 1 saturated heterocycles. The lowest BCUT2D eigenvalue weighted by Gasteiger charge is -2.34. The Morgan fingerprint density at radius 2 is 2.12 bits per heavy atom. The molecular weight excluding hydrogens is 326 g/mol. The molecular formula is C19H35N7. The minimum atomic E-state index is 0.419. The SMILES string of the molecule is CN=C(NCCN(C)C1CCCC1)NC1CCCN(c2cnn(C)c2)C1. The van der Waals surface area contributed by atoms with Crippen molar-refractivity contribution in [1.82, 2.24) is 25.3 Å². The predicted octanol–water partition coefficient (Wildman–Crippen LogP) is 1.43. The van der Waals surface area contributed by atoms with Gasteiger partial charge in [0.1, 0.15) is 0 Å². The van der Waals surface area contributed by atoms with E-state index in [4.69, 9.17) is 0 Å². The summed E-state index contributed by atoms with van der Waals surface area (Å²) in [7, 11) is 6.08. The van der Waals surface area contributed by atoms with Crippen LogP contribution in [-0.4, -0.2) is 73.0 Å². The molecule has 7 heteroatoms. The highest BCUT2D eigenvalue weighted by atomic mass is 15.3. The lowest BCUT2D eigenvalue weighted by molar-refractivity contribution is 0.249. The van der Waals surface area contributed by atoms with Gasteiger partial charge in [0, 0.05) is 58.6 Å². The summed E-state index contributed by atoms with van der Waals surface area (Å²) < 4.78 is 1.87. The first-order valence-corrected chi connectivity index (χ1v) is 10.1. The molecule has 1 unspecified atom stereocenters. The van der Waals surface area contributed by atoms with Crippen LogP contribution in [0, 0.1) is 0 Å². The fourth-order valence-electron chi connectivity index (χ4n) is 4.17. The van der Waals surface area contributed by atoms with E-state index in [0.717, 1.165) is 38.2 Å². The zero-order chi connectivity index (χ0) is 18.4. The van der Waals surface area contributed by atoms with E-state index in [9.17, 15) is 0 Å². The van der Waals surface area contributed by atoms with Crippen molar-refractivity contribution in [3.05, 3.63) is 12.4 Å². The molecule has 0 spiro atoms. The van der Waals surface area contributed by atoms with Gasteiger partial charge in [-0.2, -0.15) is 5.10 Å². The second-order valence-corrected chi connectivity index (χ2v) is 7.72. The highest BCUT2D eigenvalue weighted by Gasteiger charge is 2.22. The Bertz CT molecular complexity index is 576. The van der Waals surface area contributed by atoms with Crippen LogP contribution in [-0.2, 0) is 7.05 Å². The normalized spacial score (nSPS) is 22.2. The quantitative estimate of drug-likeness (QED) is 0.593. The molecule has 1 aliphatic heterocycles. The van der Waals surface area contributed by atoms with Gasteiger partial charge in [0.15, 0.2) is 5.96 Å². The molecule has 1 saturated carbocycles. The number of hydrogen-bond acceptors (Lipinski definition) is 4. The molecule has 2 aliphatic rings. The highest BCUT2D eigenvalue weighted by molar-refractivity contribution is 5.80. The molecule has 7 nitrogen and oxygen atoms in total. The number of piperidine rings is 1. The summed E-state index contributed by atoms with van der Waals surface area (Å²) in [6.45, 7) is 4.10. The van der Waals surface area contributed by atoms with E-state index >= 15 is 0 Å². The summed E-state index contributed by atoms with van der Waals surface area (Å²) in [5, 5.41) is 11.4. The van der Waals surface area contributed by atoms with Crippen molar-refractivity contribution < 1.29 is 0 Å². The van der Waals surface area contributed by atoms with Gasteiger partial charge in [0.2, 0.25) is 0 Å². The summed E-state index contributed by atoms with van der Waals surface area (Å²) in [6, 6.07) is 1.20. The fourth-order valence-corrected chi connectivity index (χ4v) is 4.17. The first-order valence-electron chi connectivity index (χ1n) is 10.1. The average Bonchev–Trinajstić information content (AvgIpc) is 3.33. The van der Waals surface area contributed by atoms with Crippen LogP contribution in [0.4, 0.5) is 5.69 Å². The molecule has 2 heterocycles. The molecule has 1 aliphatic carbocycles. The van der Waals surface area contributed by atoms with Gasteiger partial charge in [-0.05, 0) is 32.7 Å². The lowest BCUT2D eigenvalue weighted by Crippen LogP contribution is -2.52. The van der Waals surface area contributed by atoms with Crippen LogP contribution in [0.5, 0.6) is 0 Å². The van der Waals surface area contributed by atoms with Crippen LogP contribution < -0.4 is 15.5 Å². The zero-order valence-corrected chi connectivity index (χ0v) is 16.6. The number of aliphatic imine (C=N–C) groups is 1. The molecule has 0 bridgehead atoms. The molecule has 2 N–H and O–H groups in total. The Balaban J connectivity index is 1.42. The Labute approximate surface area is 157 Å². The van der Waals surface area contributed by atoms with Crippen molar-refractivity contribution in [3.8, 4) is 0 Å². The maximum absolute atomic E-state index is 4.42. The standard InChI is InChI=1S/C19H35N7/c1-20-19(21-10-12-24(2)17-8-4-5-9-17)23-16-7-6-11-26(14-16)18-13-22-25(3)15-18/h13,15-17H,4-12,14H2,1-3H3,(H2,20,21,23). The minimum Gasteiger partial charge on any atom is -0.367 e. The molecule has 3 rings (SSSR count). The lowest BCUT2D eigenvalue weighted by atomic mass is 10.1. The van der Waals surface area contributed by atoms with Gasteiger partial charge in [0.25, 0.3) is 0 Å². The number of guanidine groups is 1. The second-order valence-electron chi connectivity index (χ2n) is 7.72. The maximum atomic E-state index is 4.42. The smallest absolute Gasteiger partial charge is 0.191 e. The molecule has 2 fully saturated rings. The van der Waals surface area contributed by atoms with Gasteiger partial charge < -0.3 is 20.4 Å². The number of aryl methyl sites for hydroxylation is 1. The average molecular weight is 362 g/mol. The summed E-state index contributed by atoms with van der Waals surface area (Å²) >= 11 is 0. The highest BCUT2D eigenvalue weighted by Crippen LogP contribution is 2.22. The van der Waals surface area contributed by atoms with Crippen molar-refractivity contribution in [2.45, 2.75) is 50.6 Å². The minimum absolute atomic E-state index is 0.419. The van der Waals surface area contributed by atoms with Gasteiger partial charge >= 0.3 is 0 Å². The first-order chi connectivity index (χ1) is 12.7. The van der Waals surface area contributed by atoms with Crippen molar-refractivity contribution >= 4 is 11.6 Å². The van der Waals surface area contributed by atoms with E-state index in [1.807, 2.05) is 25.0 Å². The van der Waals surface area contributed by atoms with Crippen molar-refractivity contribution in [2.75, 3.05) is 45.2 Å². The third-order valence-corrected chi connectivity index (χ3v) is 5.75. The molecule has 26 heavy (non-hydrogen) atoms. The van der Waals surface area contributed by atoms with Gasteiger partial charge in [-0.25, -0.2) is 0 Å². The maximum Gasteiger partial charge on any atom is 0.191 e. The Hall–Kier alpha value is -1.76. The summed E-state index contributed by atoms with van der Waals surface area (Å²) in [4.78, 5) is 9.33. The van der Waals surface area contributed by atoms with Gasteiger partial charge in [-0.1, -0.05) is 12.8 Å². The topological polar surface area (TPSA) is 60.7 Å². The van der Waals surface area contributed by atoms with Crippen LogP contribution in [0.2, 0.25) is 0 Å². The molecule has 0 amide bonds. The summed E-state index contributed by atoms with van der Waals surface area (Å²) in [5.74, 6) is 0.919. The zero-order valence-electron chi connectivity index (χ0n) is 16.6. The Morgan fingerprint density at radius 1 is 1.31 bits per heavy atom. The van der Waals surface area contributed by atoms with Crippen LogP contribution in [0.15, 0.2) is 17.4 Å². The van der Waals surface area contributed by atoms with Gasteiger partial charge in [-0.3, -0.25) is 9.67 Å². The molecule has 1 aromatic heterocycles. The monoisotopic (exact) mass is 361 g/mol. The largest absolute Gasteiger partial charge is 0.367 e. The number of rotatable bonds is 6. The van der Waals surface area contributed by atoms with Gasteiger partial charge in [0.05, 0.1) is 11.9 Å². The molecule has 0 aromatic carbocycles. The van der Waals surface area contributed by atoms with Crippen molar-refractivity contribution in [3.63, 3.8) is 0 Å². The van der Waals surface area contributed by atoms with Crippen LogP contribution in [0.25, 0.3) is 0 Å². The van der Waals surface area contributed by atoms with E-state index < -0.39 is 0 Å². The van der Waals surface area contributed by atoms with Crippen LogP contribution in [0.1, 0.15) is 38.5 Å². The van der Waals surface area contributed by atoms with Gasteiger partial charge in [-0.15, -0.1) is 0 Å². The second kappa shape index (κ2) is 9.26. The van der Waals surface area contributed by atoms with Crippen LogP contribution >= 0.6 is 0 Å². The first kappa shape index (κ1) is 19.0. The van der Waals surface area contributed by atoms with E-state index in [0.29, 0.717) is 6.04 Å². The van der Waals surface area contributed by atoms with Crippen LogP contribution in [0.3, 0.4) is 0 Å². The number of nitrogens with one attached hydrogen (secondary N) is 2. The number of likely N-dealkylation sites (N-methyl/N-ethyl adjacent to an activating group) is 1. The predicted molar refractivity (Wildman–Crippen MR) is 108 cm³/mol. The summed E-state index contributed by atoms with van der Waals surface area (Å²) in [6.07, 6.45) is 11.9. The van der Waals surface area contributed by atoms with E-state index in [2.05, 4.69) is 43.8 Å². The van der Waals surface area contributed by atoms with E-state index in [1.54, 1.807) is 0 Å². The fraction of sp³-hybridized carbons (Fsp3) is 0.789. The summed E-state index contributed by atoms with van der Waals surface area (Å²) in [5.41, 5.74) is 1.21. The van der Waals surface area contributed by atoms with Crippen molar-refractivity contribution in [1.29, 1.82) is 0 Å². The van der Waals surface area contributed by atoms with Crippen molar-refractivity contribution in [2.24, 2.45) is 12.0 Å². The number of anilines is 1. The third kappa shape index (κ3) is 5.13. The van der Waals surface area contributed by atoms with E-state index in [-0.39, 0.29) is 0 Å². The number of aromatic nitrogens is 2. The molecule has 0 radical (unpaired) electrons. The number of hydrogen-bond donors (Lipinski definition) is 2. The molecule has 1 atom stereocenters. The van der Waals surface area contributed by atoms with E-state index in [1.165, 1.54) is 44.2 Å². The molecule has 1 aromatic rings. The molecule has 146 valence electrons. The Morgan fingerprint density at radius 3 is 2.81 bits per heavy atom. The Kier molecular flexibility index (Phi) is 6.77.